The summed E-state index contributed by atoms with van der Waals surface area (Å²) in [5.41, 5.74) is 0.0255. The van der Waals surface area contributed by atoms with Crippen molar-refractivity contribution in [2.75, 3.05) is 7.05 Å². The molecule has 7 nitrogen and oxygen atoms in total. The van der Waals surface area contributed by atoms with Gasteiger partial charge in [0.05, 0.1) is 0 Å². The van der Waals surface area contributed by atoms with Crippen molar-refractivity contribution in [2.24, 2.45) is 5.92 Å². The SMILES string of the molecule is CC(C)CC(NC(=O)OC(C)(C)C)C(=O)N(C)C(C(=O)NC(C)C)c1ccccc1. The van der Waals surface area contributed by atoms with E-state index in [2.05, 4.69) is 10.6 Å². The minimum absolute atomic E-state index is 0.0708. The molecule has 0 aliphatic heterocycles. The monoisotopic (exact) mass is 419 g/mol. The van der Waals surface area contributed by atoms with Gasteiger partial charge in [0, 0.05) is 13.1 Å². The molecule has 0 heterocycles. The molecule has 1 aromatic rings. The van der Waals surface area contributed by atoms with Crippen molar-refractivity contribution in [2.45, 2.75) is 78.6 Å². The number of likely N-dealkylation sites (N-methyl/N-ethyl adjacent to an activating group) is 1. The molecule has 0 aromatic heterocycles. The lowest BCUT2D eigenvalue weighted by Crippen LogP contribution is -2.52. The van der Waals surface area contributed by atoms with Crippen LogP contribution in [0.15, 0.2) is 30.3 Å². The Balaban J connectivity index is 3.16. The summed E-state index contributed by atoms with van der Waals surface area (Å²) in [5, 5.41) is 5.57. The standard InChI is InChI=1S/C23H37N3O4/c1-15(2)14-18(25-22(29)30-23(5,6)7)21(28)26(8)19(20(27)24-16(3)4)17-12-10-9-11-13-17/h9-13,15-16,18-19H,14H2,1-8H3,(H,24,27)(H,25,29). The highest BCUT2D eigenvalue weighted by atomic mass is 16.6. The number of rotatable bonds is 8. The summed E-state index contributed by atoms with van der Waals surface area (Å²) in [6, 6.07) is 7.45. The zero-order valence-electron chi connectivity index (χ0n) is 19.5. The fraction of sp³-hybridized carbons (Fsp3) is 0.609. The molecule has 0 spiro atoms. The molecule has 3 amide bonds. The van der Waals surface area contributed by atoms with Crippen LogP contribution in [0.5, 0.6) is 0 Å². The Morgan fingerprint density at radius 1 is 1.00 bits per heavy atom. The molecule has 0 aliphatic carbocycles. The Morgan fingerprint density at radius 2 is 1.57 bits per heavy atom. The van der Waals surface area contributed by atoms with Crippen LogP contribution in [-0.4, -0.2) is 47.5 Å². The van der Waals surface area contributed by atoms with Crippen LogP contribution in [0.2, 0.25) is 0 Å². The number of amides is 3. The van der Waals surface area contributed by atoms with Gasteiger partial charge in [0.1, 0.15) is 17.7 Å². The molecule has 7 heteroatoms. The first kappa shape index (κ1) is 25.5. The largest absolute Gasteiger partial charge is 0.444 e. The van der Waals surface area contributed by atoms with Gasteiger partial charge in [0.25, 0.3) is 0 Å². The second-order valence-corrected chi connectivity index (χ2v) is 9.25. The van der Waals surface area contributed by atoms with Crippen molar-refractivity contribution >= 4 is 17.9 Å². The Labute approximate surface area is 180 Å². The first-order valence-corrected chi connectivity index (χ1v) is 10.4. The molecule has 2 unspecified atom stereocenters. The van der Waals surface area contributed by atoms with E-state index < -0.39 is 23.8 Å². The van der Waals surface area contributed by atoms with Crippen LogP contribution < -0.4 is 10.6 Å². The highest BCUT2D eigenvalue weighted by Crippen LogP contribution is 2.22. The van der Waals surface area contributed by atoms with Crippen molar-refractivity contribution in [3.8, 4) is 0 Å². The number of nitrogens with one attached hydrogen (secondary N) is 2. The van der Waals surface area contributed by atoms with Crippen molar-refractivity contribution in [1.82, 2.24) is 15.5 Å². The van der Waals surface area contributed by atoms with Crippen LogP contribution in [0, 0.1) is 5.92 Å². The number of ether oxygens (including phenoxy) is 1. The van der Waals surface area contributed by atoms with Gasteiger partial charge in [-0.2, -0.15) is 0 Å². The molecule has 1 aromatic carbocycles. The lowest BCUT2D eigenvalue weighted by atomic mass is 10.00. The van der Waals surface area contributed by atoms with Crippen molar-refractivity contribution < 1.29 is 19.1 Å². The zero-order chi connectivity index (χ0) is 23.1. The minimum atomic E-state index is -0.809. The second kappa shape index (κ2) is 11.0. The molecule has 2 atom stereocenters. The quantitative estimate of drug-likeness (QED) is 0.673. The molecule has 168 valence electrons. The van der Waals surface area contributed by atoms with Gasteiger partial charge in [0.2, 0.25) is 11.8 Å². The van der Waals surface area contributed by atoms with Gasteiger partial charge in [-0.15, -0.1) is 0 Å². The third-order valence-corrected chi connectivity index (χ3v) is 4.23. The summed E-state index contributed by atoms with van der Waals surface area (Å²) in [6.07, 6.45) is -0.229. The van der Waals surface area contributed by atoms with Crippen molar-refractivity contribution in [3.05, 3.63) is 35.9 Å². The number of nitrogens with zero attached hydrogens (tertiary/aromatic N) is 1. The summed E-state index contributed by atoms with van der Waals surface area (Å²) in [5.74, 6) is -0.461. The van der Waals surface area contributed by atoms with Gasteiger partial charge < -0.3 is 20.3 Å². The Bertz CT molecular complexity index is 711. The lowest BCUT2D eigenvalue weighted by molar-refractivity contribution is -0.141. The lowest BCUT2D eigenvalue weighted by Gasteiger charge is -2.32. The fourth-order valence-corrected chi connectivity index (χ4v) is 3.07. The fourth-order valence-electron chi connectivity index (χ4n) is 3.07. The topological polar surface area (TPSA) is 87.7 Å². The average Bonchev–Trinajstić information content (AvgIpc) is 2.58. The summed E-state index contributed by atoms with van der Waals surface area (Å²) in [4.78, 5) is 40.0. The highest BCUT2D eigenvalue weighted by Gasteiger charge is 2.34. The molecule has 0 bridgehead atoms. The predicted octanol–water partition coefficient (Wildman–Crippen LogP) is 3.65. The summed E-state index contributed by atoms with van der Waals surface area (Å²) < 4.78 is 5.32. The molecule has 30 heavy (non-hydrogen) atoms. The van der Waals surface area contributed by atoms with Crippen LogP contribution in [0.1, 0.15) is 66.5 Å². The van der Waals surface area contributed by atoms with E-state index in [0.29, 0.717) is 12.0 Å². The molecule has 2 N–H and O–H groups in total. The Morgan fingerprint density at radius 3 is 2.03 bits per heavy atom. The van der Waals surface area contributed by atoms with Gasteiger partial charge >= 0.3 is 6.09 Å². The number of hydrogen-bond acceptors (Lipinski definition) is 4. The number of hydrogen-bond donors (Lipinski definition) is 2. The Kier molecular flexibility index (Phi) is 9.33. The van der Waals surface area contributed by atoms with Gasteiger partial charge in [0.15, 0.2) is 0 Å². The van der Waals surface area contributed by atoms with Crippen LogP contribution in [-0.2, 0) is 14.3 Å². The zero-order valence-corrected chi connectivity index (χ0v) is 19.5. The molecular weight excluding hydrogens is 382 g/mol. The Hall–Kier alpha value is -2.57. The third kappa shape index (κ3) is 8.43. The summed E-state index contributed by atoms with van der Waals surface area (Å²) in [7, 11) is 1.59. The number of benzene rings is 1. The molecule has 0 aliphatic rings. The summed E-state index contributed by atoms with van der Waals surface area (Å²) in [6.45, 7) is 13.0. The maximum atomic E-state index is 13.4. The number of alkyl carbamates (subject to hydrolysis) is 1. The van der Waals surface area contributed by atoms with E-state index in [1.54, 1.807) is 27.8 Å². The third-order valence-electron chi connectivity index (χ3n) is 4.23. The van der Waals surface area contributed by atoms with Gasteiger partial charge in [-0.25, -0.2) is 4.79 Å². The maximum absolute atomic E-state index is 13.4. The van der Waals surface area contributed by atoms with Crippen LogP contribution in [0.25, 0.3) is 0 Å². The average molecular weight is 420 g/mol. The molecule has 0 fully saturated rings. The molecular formula is C23H37N3O4. The number of carbonyl (C=O) groups excluding carboxylic acids is 3. The summed E-state index contributed by atoms with van der Waals surface area (Å²) >= 11 is 0. The van der Waals surface area contributed by atoms with Gasteiger partial charge in [-0.3, -0.25) is 9.59 Å². The van der Waals surface area contributed by atoms with E-state index in [9.17, 15) is 14.4 Å². The van der Waals surface area contributed by atoms with Crippen LogP contribution >= 0.6 is 0 Å². The second-order valence-electron chi connectivity index (χ2n) is 9.25. The van der Waals surface area contributed by atoms with Crippen LogP contribution in [0.4, 0.5) is 4.79 Å². The highest BCUT2D eigenvalue weighted by molar-refractivity contribution is 5.92. The van der Waals surface area contributed by atoms with E-state index in [4.69, 9.17) is 4.74 Å². The smallest absolute Gasteiger partial charge is 0.408 e. The van der Waals surface area contributed by atoms with E-state index >= 15 is 0 Å². The van der Waals surface area contributed by atoms with Gasteiger partial charge in [-0.05, 0) is 52.5 Å². The first-order chi connectivity index (χ1) is 13.8. The van der Waals surface area contributed by atoms with E-state index in [1.807, 2.05) is 58.0 Å². The minimum Gasteiger partial charge on any atom is -0.444 e. The molecule has 0 saturated heterocycles. The predicted molar refractivity (Wildman–Crippen MR) is 118 cm³/mol. The first-order valence-electron chi connectivity index (χ1n) is 10.4. The molecule has 1 rings (SSSR count). The van der Waals surface area contributed by atoms with Gasteiger partial charge in [-0.1, -0.05) is 44.2 Å². The van der Waals surface area contributed by atoms with Crippen LogP contribution in [0.3, 0.4) is 0 Å². The van der Waals surface area contributed by atoms with Crippen molar-refractivity contribution in [3.63, 3.8) is 0 Å². The van der Waals surface area contributed by atoms with Crippen molar-refractivity contribution in [1.29, 1.82) is 0 Å². The molecule has 0 saturated carbocycles. The molecule has 0 radical (unpaired) electrons. The van der Waals surface area contributed by atoms with E-state index in [0.717, 1.165) is 0 Å². The van der Waals surface area contributed by atoms with E-state index in [-0.39, 0.29) is 23.8 Å². The maximum Gasteiger partial charge on any atom is 0.408 e. The van der Waals surface area contributed by atoms with E-state index in [1.165, 1.54) is 4.90 Å². The normalized spacial score (nSPS) is 13.5. The number of carbonyl (C=O) groups is 3.